The molecule has 0 saturated carbocycles. The average Bonchev–Trinajstić information content (AvgIpc) is 2.38. The molecule has 1 atom stereocenters. The molecule has 0 aliphatic rings. The minimum absolute atomic E-state index is 0.415. The van der Waals surface area contributed by atoms with Gasteiger partial charge in [-0.05, 0) is 37.6 Å². The highest BCUT2D eigenvalue weighted by molar-refractivity contribution is 6.30. The van der Waals surface area contributed by atoms with Gasteiger partial charge >= 0.3 is 0 Å². The first-order valence-corrected chi connectivity index (χ1v) is 7.60. The van der Waals surface area contributed by atoms with Crippen molar-refractivity contribution in [3.8, 4) is 0 Å². The number of unbranched alkanes of at least 4 members (excludes halogenated alkanes) is 5. The Hall–Kier alpha value is -0.530. The van der Waals surface area contributed by atoms with Crippen molar-refractivity contribution in [2.24, 2.45) is 0 Å². The Bertz CT molecular complexity index is 307. The van der Waals surface area contributed by atoms with Crippen LogP contribution >= 0.6 is 11.6 Å². The van der Waals surface area contributed by atoms with Gasteiger partial charge in [0.25, 0.3) is 0 Å². The van der Waals surface area contributed by atoms with E-state index in [1.54, 1.807) is 0 Å². The fourth-order valence-corrected chi connectivity index (χ4v) is 2.22. The number of nitrogens with one attached hydrogen (secondary N) is 1. The van der Waals surface area contributed by atoms with Crippen LogP contribution in [0.4, 0.5) is 0 Å². The molecular formula is C16H26ClN. The van der Waals surface area contributed by atoms with E-state index >= 15 is 0 Å². The van der Waals surface area contributed by atoms with Gasteiger partial charge in [0.05, 0.1) is 0 Å². The molecule has 2 heteroatoms. The lowest BCUT2D eigenvalue weighted by Crippen LogP contribution is -2.19. The number of benzene rings is 1. The van der Waals surface area contributed by atoms with E-state index in [0.717, 1.165) is 11.6 Å². The third-order valence-corrected chi connectivity index (χ3v) is 3.60. The predicted octanol–water partition coefficient (Wildman–Crippen LogP) is 5.35. The van der Waals surface area contributed by atoms with Gasteiger partial charge in [0.15, 0.2) is 0 Å². The molecule has 0 heterocycles. The lowest BCUT2D eigenvalue weighted by Gasteiger charge is -2.14. The van der Waals surface area contributed by atoms with Gasteiger partial charge in [-0.25, -0.2) is 0 Å². The molecule has 18 heavy (non-hydrogen) atoms. The summed E-state index contributed by atoms with van der Waals surface area (Å²) in [6.45, 7) is 5.57. The van der Waals surface area contributed by atoms with Crippen LogP contribution in [-0.2, 0) is 0 Å². The van der Waals surface area contributed by atoms with Gasteiger partial charge in [0.2, 0.25) is 0 Å². The van der Waals surface area contributed by atoms with Crippen LogP contribution in [0, 0.1) is 0 Å². The van der Waals surface area contributed by atoms with Gasteiger partial charge in [0.1, 0.15) is 0 Å². The van der Waals surface area contributed by atoms with Crippen molar-refractivity contribution in [2.75, 3.05) is 6.54 Å². The van der Waals surface area contributed by atoms with Crippen molar-refractivity contribution in [1.29, 1.82) is 0 Å². The van der Waals surface area contributed by atoms with E-state index in [4.69, 9.17) is 11.6 Å². The van der Waals surface area contributed by atoms with Crippen molar-refractivity contribution in [2.45, 2.75) is 58.4 Å². The molecule has 1 rings (SSSR count). The van der Waals surface area contributed by atoms with E-state index in [1.807, 2.05) is 12.1 Å². The number of rotatable bonds is 9. The predicted molar refractivity (Wildman–Crippen MR) is 81.2 cm³/mol. The Labute approximate surface area is 117 Å². The standard InChI is InChI=1S/C16H26ClN/c1-3-4-5-6-7-8-13-18-14(2)15-9-11-16(17)12-10-15/h9-12,14,18H,3-8,13H2,1-2H3/t14-/m1/s1. The summed E-state index contributed by atoms with van der Waals surface area (Å²) in [6.07, 6.45) is 8.11. The molecule has 0 radical (unpaired) electrons. The van der Waals surface area contributed by atoms with E-state index < -0.39 is 0 Å². The van der Waals surface area contributed by atoms with Crippen molar-refractivity contribution in [1.82, 2.24) is 5.32 Å². The third kappa shape index (κ3) is 6.42. The second-order valence-corrected chi connectivity index (χ2v) is 5.43. The van der Waals surface area contributed by atoms with Gasteiger partial charge in [0, 0.05) is 11.1 Å². The molecule has 0 fully saturated rings. The van der Waals surface area contributed by atoms with E-state index in [2.05, 4.69) is 31.3 Å². The summed E-state index contributed by atoms with van der Waals surface area (Å²) in [5.74, 6) is 0. The van der Waals surface area contributed by atoms with Crippen LogP contribution in [0.2, 0.25) is 5.02 Å². The Morgan fingerprint density at radius 1 is 1.00 bits per heavy atom. The highest BCUT2D eigenvalue weighted by Gasteiger charge is 2.03. The van der Waals surface area contributed by atoms with Gasteiger partial charge in [-0.2, -0.15) is 0 Å². The summed E-state index contributed by atoms with van der Waals surface area (Å²) in [6, 6.07) is 8.53. The summed E-state index contributed by atoms with van der Waals surface area (Å²) in [7, 11) is 0. The monoisotopic (exact) mass is 267 g/mol. The lowest BCUT2D eigenvalue weighted by molar-refractivity contribution is 0.527. The zero-order chi connectivity index (χ0) is 13.2. The molecule has 0 amide bonds. The zero-order valence-electron chi connectivity index (χ0n) is 11.7. The summed E-state index contributed by atoms with van der Waals surface area (Å²) in [5.41, 5.74) is 1.31. The second kappa shape index (κ2) is 9.41. The van der Waals surface area contributed by atoms with E-state index in [1.165, 1.54) is 44.1 Å². The van der Waals surface area contributed by atoms with E-state index in [-0.39, 0.29) is 0 Å². The molecule has 102 valence electrons. The molecule has 1 nitrogen and oxygen atoms in total. The summed E-state index contributed by atoms with van der Waals surface area (Å²) < 4.78 is 0. The van der Waals surface area contributed by atoms with Crippen molar-refractivity contribution in [3.63, 3.8) is 0 Å². The number of hydrogen-bond acceptors (Lipinski definition) is 1. The molecule has 0 aromatic heterocycles. The second-order valence-electron chi connectivity index (χ2n) is 5.00. The van der Waals surface area contributed by atoms with Crippen LogP contribution in [0.15, 0.2) is 24.3 Å². The maximum Gasteiger partial charge on any atom is 0.0406 e. The lowest BCUT2D eigenvalue weighted by atomic mass is 10.1. The van der Waals surface area contributed by atoms with Crippen LogP contribution in [0.25, 0.3) is 0 Å². The maximum atomic E-state index is 5.88. The molecule has 0 aliphatic carbocycles. The zero-order valence-corrected chi connectivity index (χ0v) is 12.5. The summed E-state index contributed by atoms with van der Waals surface area (Å²) >= 11 is 5.88. The third-order valence-electron chi connectivity index (χ3n) is 3.35. The molecule has 0 spiro atoms. The van der Waals surface area contributed by atoms with Gasteiger partial charge < -0.3 is 5.32 Å². The molecular weight excluding hydrogens is 242 g/mol. The van der Waals surface area contributed by atoms with Gasteiger partial charge in [-0.3, -0.25) is 0 Å². The Morgan fingerprint density at radius 2 is 1.61 bits per heavy atom. The topological polar surface area (TPSA) is 12.0 Å². The fraction of sp³-hybridized carbons (Fsp3) is 0.625. The van der Waals surface area contributed by atoms with Gasteiger partial charge in [-0.15, -0.1) is 0 Å². The Kier molecular flexibility index (Phi) is 8.11. The summed E-state index contributed by atoms with van der Waals surface area (Å²) in [4.78, 5) is 0. The molecule has 0 saturated heterocycles. The van der Waals surface area contributed by atoms with Crippen LogP contribution in [0.1, 0.15) is 64.0 Å². The minimum atomic E-state index is 0.415. The normalized spacial score (nSPS) is 12.6. The number of halogens is 1. The van der Waals surface area contributed by atoms with Crippen LogP contribution in [0.5, 0.6) is 0 Å². The molecule has 0 unspecified atom stereocenters. The smallest absolute Gasteiger partial charge is 0.0406 e. The Morgan fingerprint density at radius 3 is 2.28 bits per heavy atom. The largest absolute Gasteiger partial charge is 0.310 e. The summed E-state index contributed by atoms with van der Waals surface area (Å²) in [5, 5.41) is 4.37. The quantitative estimate of drug-likeness (QED) is 0.595. The van der Waals surface area contributed by atoms with Crippen molar-refractivity contribution < 1.29 is 0 Å². The first-order chi connectivity index (χ1) is 8.74. The average molecular weight is 268 g/mol. The minimum Gasteiger partial charge on any atom is -0.310 e. The fourth-order valence-electron chi connectivity index (χ4n) is 2.09. The first kappa shape index (κ1) is 15.5. The highest BCUT2D eigenvalue weighted by atomic mass is 35.5. The Balaban J connectivity index is 2.10. The first-order valence-electron chi connectivity index (χ1n) is 7.23. The van der Waals surface area contributed by atoms with E-state index in [9.17, 15) is 0 Å². The molecule has 1 aromatic rings. The van der Waals surface area contributed by atoms with Crippen LogP contribution in [0.3, 0.4) is 0 Å². The van der Waals surface area contributed by atoms with Crippen LogP contribution < -0.4 is 5.32 Å². The van der Waals surface area contributed by atoms with Crippen LogP contribution in [-0.4, -0.2) is 6.54 Å². The van der Waals surface area contributed by atoms with E-state index in [0.29, 0.717) is 6.04 Å². The van der Waals surface area contributed by atoms with Gasteiger partial charge in [-0.1, -0.05) is 62.8 Å². The maximum absolute atomic E-state index is 5.88. The molecule has 1 aromatic carbocycles. The SMILES string of the molecule is CCCCCCCCN[C@H](C)c1ccc(Cl)cc1. The molecule has 0 bridgehead atoms. The van der Waals surface area contributed by atoms with Crippen molar-refractivity contribution in [3.05, 3.63) is 34.9 Å². The number of hydrogen-bond donors (Lipinski definition) is 1. The molecule has 1 N–H and O–H groups in total. The van der Waals surface area contributed by atoms with Crippen molar-refractivity contribution >= 4 is 11.6 Å². The highest BCUT2D eigenvalue weighted by Crippen LogP contribution is 2.16. The molecule has 0 aliphatic heterocycles.